The molecule has 1 radical (unpaired) electrons. The molecular formula is C43H46IrN2O2-2. The SMILES string of the molecule is CC(C)(C)c1cc(-c2nccc3c2ccc2c4cc5c(cc4oc32)C(C)(C)CCC5(C)C)[c-]c2ccccc12.C[N-]/C(C)=C\C(C)=O.[Ir]. The van der Waals surface area contributed by atoms with Gasteiger partial charge < -0.3 is 9.73 Å². The Kier molecular flexibility index (Phi) is 9.55. The van der Waals surface area contributed by atoms with Crippen molar-refractivity contribution in [1.29, 1.82) is 0 Å². The molecule has 2 aromatic heterocycles. The summed E-state index contributed by atoms with van der Waals surface area (Å²) in [6.45, 7) is 19.6. The molecule has 5 heteroatoms. The molecule has 0 saturated carbocycles. The summed E-state index contributed by atoms with van der Waals surface area (Å²) in [5.41, 5.74) is 9.19. The van der Waals surface area contributed by atoms with Gasteiger partial charge in [-0.15, -0.1) is 36.2 Å². The summed E-state index contributed by atoms with van der Waals surface area (Å²) in [5, 5.41) is 10.7. The quantitative estimate of drug-likeness (QED) is 0.132. The van der Waals surface area contributed by atoms with Gasteiger partial charge in [-0.3, -0.25) is 9.78 Å². The third-order valence-electron chi connectivity index (χ3n) is 9.95. The molecule has 48 heavy (non-hydrogen) atoms. The number of rotatable bonds is 3. The van der Waals surface area contributed by atoms with Crippen molar-refractivity contribution in [2.24, 2.45) is 0 Å². The van der Waals surface area contributed by atoms with Crippen LogP contribution in [0.1, 0.15) is 91.8 Å². The van der Waals surface area contributed by atoms with Crippen LogP contribution in [0.2, 0.25) is 0 Å². The van der Waals surface area contributed by atoms with E-state index >= 15 is 0 Å². The van der Waals surface area contributed by atoms with Crippen LogP contribution >= 0.6 is 0 Å². The van der Waals surface area contributed by atoms with Gasteiger partial charge in [-0.05, 0) is 76.8 Å². The monoisotopic (exact) mass is 815 g/mol. The van der Waals surface area contributed by atoms with Crippen LogP contribution in [0.4, 0.5) is 0 Å². The van der Waals surface area contributed by atoms with Gasteiger partial charge >= 0.3 is 0 Å². The van der Waals surface area contributed by atoms with Gasteiger partial charge in [0.05, 0.1) is 0 Å². The van der Waals surface area contributed by atoms with E-state index in [0.717, 1.165) is 44.3 Å². The number of hydrogen-bond acceptors (Lipinski definition) is 3. The van der Waals surface area contributed by atoms with E-state index in [1.54, 1.807) is 14.0 Å². The van der Waals surface area contributed by atoms with Gasteiger partial charge in [0, 0.05) is 48.2 Å². The van der Waals surface area contributed by atoms with Crippen molar-refractivity contribution in [3.63, 3.8) is 0 Å². The first-order valence-corrected chi connectivity index (χ1v) is 16.6. The average Bonchev–Trinajstić information content (AvgIpc) is 3.40. The van der Waals surface area contributed by atoms with E-state index in [1.165, 1.54) is 58.7 Å². The van der Waals surface area contributed by atoms with Crippen LogP contribution in [-0.2, 0) is 41.1 Å². The number of furan rings is 1. The fourth-order valence-corrected chi connectivity index (χ4v) is 7.10. The van der Waals surface area contributed by atoms with E-state index in [0.29, 0.717) is 0 Å². The number of benzene rings is 4. The Hall–Kier alpha value is -3.79. The van der Waals surface area contributed by atoms with Gasteiger partial charge in [-0.1, -0.05) is 96.7 Å². The fourth-order valence-electron chi connectivity index (χ4n) is 7.10. The predicted octanol–water partition coefficient (Wildman–Crippen LogP) is 11.9. The maximum absolute atomic E-state index is 10.3. The number of carbonyl (C=O) groups is 1. The molecule has 1 aliphatic rings. The number of pyridine rings is 1. The molecule has 0 amide bonds. The number of hydrogen-bond donors (Lipinski definition) is 0. The van der Waals surface area contributed by atoms with Gasteiger partial charge in [0.25, 0.3) is 0 Å². The summed E-state index contributed by atoms with van der Waals surface area (Å²) in [4.78, 5) is 15.2. The van der Waals surface area contributed by atoms with Crippen molar-refractivity contribution in [3.8, 4) is 11.3 Å². The molecular weight excluding hydrogens is 769 g/mol. The number of allylic oxidation sites excluding steroid dienone is 2. The average molecular weight is 815 g/mol. The topological polar surface area (TPSA) is 57.2 Å². The Morgan fingerprint density at radius 1 is 0.854 bits per heavy atom. The van der Waals surface area contributed by atoms with E-state index < -0.39 is 0 Å². The van der Waals surface area contributed by atoms with Gasteiger partial charge in [0.15, 0.2) is 5.78 Å². The summed E-state index contributed by atoms with van der Waals surface area (Å²) in [5.74, 6) is 0.0492. The molecule has 1 aliphatic carbocycles. The van der Waals surface area contributed by atoms with E-state index in [9.17, 15) is 4.79 Å². The van der Waals surface area contributed by atoms with Crippen LogP contribution < -0.4 is 0 Å². The van der Waals surface area contributed by atoms with Crippen LogP contribution in [0.3, 0.4) is 0 Å². The van der Waals surface area contributed by atoms with Crippen molar-refractivity contribution >= 4 is 49.3 Å². The third kappa shape index (κ3) is 6.48. The molecule has 0 aliphatic heterocycles. The molecule has 0 unspecified atom stereocenters. The molecule has 0 N–H and O–H groups in total. The van der Waals surface area contributed by atoms with Crippen molar-refractivity contribution in [3.05, 3.63) is 107 Å². The summed E-state index contributed by atoms with van der Waals surface area (Å²) in [6, 6.07) is 25.8. The van der Waals surface area contributed by atoms with Gasteiger partial charge in [0.2, 0.25) is 0 Å². The first kappa shape index (κ1) is 35.5. The normalized spacial score (nSPS) is 15.5. The minimum Gasteiger partial charge on any atom is -0.690 e. The third-order valence-corrected chi connectivity index (χ3v) is 9.95. The Labute approximate surface area is 298 Å². The van der Waals surface area contributed by atoms with E-state index in [4.69, 9.17) is 9.40 Å². The van der Waals surface area contributed by atoms with Gasteiger partial charge in [0.1, 0.15) is 11.2 Å². The molecule has 0 saturated heterocycles. The Bertz CT molecular complexity index is 2210. The fraction of sp³-hybridized carbons (Fsp3) is 0.349. The number of nitrogens with zero attached hydrogens (tertiary/aromatic N) is 2. The summed E-state index contributed by atoms with van der Waals surface area (Å²) in [7, 11) is 1.66. The van der Waals surface area contributed by atoms with Crippen LogP contribution in [0.5, 0.6) is 0 Å². The van der Waals surface area contributed by atoms with Crippen LogP contribution in [0.15, 0.2) is 83.1 Å². The number of carbonyl (C=O) groups excluding carboxylic acids is 1. The zero-order valence-corrected chi connectivity index (χ0v) is 32.3. The maximum Gasteiger partial charge on any atom is 0.151 e. The number of aromatic nitrogens is 1. The van der Waals surface area contributed by atoms with Crippen molar-refractivity contribution in [1.82, 2.24) is 4.98 Å². The van der Waals surface area contributed by atoms with Crippen LogP contribution in [0.25, 0.3) is 60.1 Å². The van der Waals surface area contributed by atoms with Crippen LogP contribution in [0, 0.1) is 6.07 Å². The zero-order chi connectivity index (χ0) is 33.9. The predicted molar refractivity (Wildman–Crippen MR) is 199 cm³/mol. The van der Waals surface area contributed by atoms with Gasteiger partial charge in [-0.25, -0.2) is 0 Å². The smallest absolute Gasteiger partial charge is 0.151 e. The standard InChI is InChI=1S/C37H36NO.C6H11NO.Ir/c1-35(2,3)29-19-23(18-22-10-8-9-11-24(22)29)33-25-12-13-26-28-20-30-31(37(6,7)16-15-36(30,4)5)21-32(28)39-34(26)27(25)14-17-38-33;1-5(7-3)4-6(2)8;/h8-14,17,19-21H,15-16H2,1-7H3;4H,1-3H3,(H,7,8);/q-1;;/p-1. The molecule has 2 heterocycles. The molecule has 0 fully saturated rings. The number of ketones is 1. The minimum atomic E-state index is 0. The molecule has 251 valence electrons. The van der Waals surface area contributed by atoms with Crippen molar-refractivity contribution in [2.75, 3.05) is 7.05 Å². The largest absolute Gasteiger partial charge is 0.690 e. The molecule has 4 nitrogen and oxygen atoms in total. The summed E-state index contributed by atoms with van der Waals surface area (Å²) in [6.07, 6.45) is 5.81. The van der Waals surface area contributed by atoms with E-state index in [-0.39, 0.29) is 42.1 Å². The molecule has 4 aromatic carbocycles. The second-order valence-corrected chi connectivity index (χ2v) is 15.5. The summed E-state index contributed by atoms with van der Waals surface area (Å²) < 4.78 is 6.69. The van der Waals surface area contributed by atoms with Gasteiger partial charge in [-0.2, -0.15) is 5.70 Å². The molecule has 0 atom stereocenters. The first-order chi connectivity index (χ1) is 22.1. The second kappa shape index (κ2) is 12.9. The zero-order valence-electron chi connectivity index (χ0n) is 29.9. The molecule has 6 aromatic rings. The molecule has 0 bridgehead atoms. The summed E-state index contributed by atoms with van der Waals surface area (Å²) >= 11 is 0. The second-order valence-electron chi connectivity index (χ2n) is 15.5. The number of fused-ring (bicyclic) bond motifs is 7. The van der Waals surface area contributed by atoms with Crippen LogP contribution in [-0.4, -0.2) is 17.8 Å². The molecule has 7 rings (SSSR count). The molecule has 0 spiro atoms. The first-order valence-electron chi connectivity index (χ1n) is 16.6. The maximum atomic E-state index is 10.3. The van der Waals surface area contributed by atoms with Crippen molar-refractivity contribution < 1.29 is 29.3 Å². The Morgan fingerprint density at radius 3 is 2.10 bits per heavy atom. The van der Waals surface area contributed by atoms with Crippen molar-refractivity contribution in [2.45, 2.75) is 91.4 Å². The van der Waals surface area contributed by atoms with E-state index in [2.05, 4.69) is 121 Å². The van der Waals surface area contributed by atoms with E-state index in [1.807, 2.05) is 6.20 Å². The minimum absolute atomic E-state index is 0. The Morgan fingerprint density at radius 2 is 1.48 bits per heavy atom. The Balaban J connectivity index is 0.000000448.